The average molecular weight is 319 g/mol. The van der Waals surface area contributed by atoms with E-state index in [0.29, 0.717) is 10.7 Å². The summed E-state index contributed by atoms with van der Waals surface area (Å²) >= 11 is 5.96. The topological polar surface area (TPSA) is 41.4 Å². The minimum atomic E-state index is 0.0480. The summed E-state index contributed by atoms with van der Waals surface area (Å²) < 4.78 is 1.78. The standard InChI is InChI=1S/C16H19ClN4O/c1-19-11-13(17)10-15(19)16(22)21-8-6-20(7-9-21)12-14-4-2-3-5-18-14/h2-5,10-11H,6-9,12H2,1H3. The van der Waals surface area contributed by atoms with Crippen molar-refractivity contribution in [1.82, 2.24) is 19.4 Å². The zero-order valence-electron chi connectivity index (χ0n) is 12.6. The first kappa shape index (κ1) is 15.1. The molecule has 0 unspecified atom stereocenters. The molecule has 0 aliphatic carbocycles. The molecule has 0 spiro atoms. The SMILES string of the molecule is Cn1cc(Cl)cc1C(=O)N1CCN(Cc2ccccn2)CC1. The van der Waals surface area contributed by atoms with Gasteiger partial charge < -0.3 is 9.47 Å². The van der Waals surface area contributed by atoms with Crippen LogP contribution in [0.25, 0.3) is 0 Å². The van der Waals surface area contributed by atoms with Crippen molar-refractivity contribution >= 4 is 17.5 Å². The Balaban J connectivity index is 1.57. The number of aryl methyl sites for hydroxylation is 1. The van der Waals surface area contributed by atoms with Crippen molar-refractivity contribution in [1.29, 1.82) is 0 Å². The zero-order chi connectivity index (χ0) is 15.5. The molecule has 0 saturated carbocycles. The number of pyridine rings is 1. The molecular formula is C16H19ClN4O. The zero-order valence-corrected chi connectivity index (χ0v) is 13.3. The molecule has 3 heterocycles. The van der Waals surface area contributed by atoms with E-state index in [-0.39, 0.29) is 5.91 Å². The Morgan fingerprint density at radius 3 is 2.64 bits per heavy atom. The number of carbonyl (C=O) groups excluding carboxylic acids is 1. The van der Waals surface area contributed by atoms with Crippen LogP contribution in [-0.2, 0) is 13.6 Å². The molecule has 116 valence electrons. The normalized spacial score (nSPS) is 16.0. The van der Waals surface area contributed by atoms with Gasteiger partial charge in [0.2, 0.25) is 0 Å². The second-order valence-electron chi connectivity index (χ2n) is 5.54. The van der Waals surface area contributed by atoms with Crippen molar-refractivity contribution in [3.05, 3.63) is 53.1 Å². The second-order valence-corrected chi connectivity index (χ2v) is 5.98. The van der Waals surface area contributed by atoms with E-state index >= 15 is 0 Å². The number of halogens is 1. The monoisotopic (exact) mass is 318 g/mol. The molecule has 0 bridgehead atoms. The Labute approximate surface area is 135 Å². The van der Waals surface area contributed by atoms with Gasteiger partial charge in [-0.15, -0.1) is 0 Å². The molecule has 1 aliphatic rings. The van der Waals surface area contributed by atoms with Crippen LogP contribution in [0.1, 0.15) is 16.2 Å². The first-order chi connectivity index (χ1) is 10.6. The third kappa shape index (κ3) is 3.31. The fourth-order valence-electron chi connectivity index (χ4n) is 2.73. The summed E-state index contributed by atoms with van der Waals surface area (Å²) in [6.45, 7) is 4.02. The molecule has 22 heavy (non-hydrogen) atoms. The van der Waals surface area contributed by atoms with Crippen molar-refractivity contribution in [2.24, 2.45) is 7.05 Å². The van der Waals surface area contributed by atoms with Crippen molar-refractivity contribution in [2.45, 2.75) is 6.54 Å². The average Bonchev–Trinajstić information content (AvgIpc) is 2.87. The summed E-state index contributed by atoms with van der Waals surface area (Å²) in [4.78, 5) is 21.1. The van der Waals surface area contributed by atoms with E-state index in [2.05, 4.69) is 9.88 Å². The van der Waals surface area contributed by atoms with Crippen LogP contribution in [0.5, 0.6) is 0 Å². The highest BCUT2D eigenvalue weighted by molar-refractivity contribution is 6.31. The molecule has 3 rings (SSSR count). The summed E-state index contributed by atoms with van der Waals surface area (Å²) in [5.41, 5.74) is 1.71. The molecule has 1 fully saturated rings. The van der Waals surface area contributed by atoms with Gasteiger partial charge in [0, 0.05) is 52.2 Å². The molecule has 2 aromatic rings. The lowest BCUT2D eigenvalue weighted by atomic mass is 10.2. The minimum absolute atomic E-state index is 0.0480. The van der Waals surface area contributed by atoms with Crippen LogP contribution in [0.2, 0.25) is 5.02 Å². The molecule has 1 aliphatic heterocycles. The third-order valence-electron chi connectivity index (χ3n) is 3.96. The van der Waals surface area contributed by atoms with Gasteiger partial charge in [-0.3, -0.25) is 14.7 Å². The van der Waals surface area contributed by atoms with E-state index in [4.69, 9.17) is 11.6 Å². The van der Waals surface area contributed by atoms with Crippen molar-refractivity contribution < 1.29 is 4.79 Å². The van der Waals surface area contributed by atoms with Crippen LogP contribution in [-0.4, -0.2) is 51.4 Å². The first-order valence-corrected chi connectivity index (χ1v) is 7.74. The lowest BCUT2D eigenvalue weighted by molar-refractivity contribution is 0.0618. The molecule has 2 aromatic heterocycles. The Hall–Kier alpha value is -1.85. The van der Waals surface area contributed by atoms with E-state index in [0.717, 1.165) is 38.4 Å². The van der Waals surface area contributed by atoms with Crippen LogP contribution in [0.15, 0.2) is 36.7 Å². The van der Waals surface area contributed by atoms with Crippen LogP contribution in [0.4, 0.5) is 0 Å². The fourth-order valence-corrected chi connectivity index (χ4v) is 2.98. The van der Waals surface area contributed by atoms with E-state index in [1.54, 1.807) is 16.8 Å². The maximum absolute atomic E-state index is 12.5. The predicted octanol–water partition coefficient (Wildman–Crippen LogP) is 2.03. The number of rotatable bonds is 3. The van der Waals surface area contributed by atoms with Crippen molar-refractivity contribution in [3.8, 4) is 0 Å². The quantitative estimate of drug-likeness (QED) is 0.869. The van der Waals surface area contributed by atoms with Crippen LogP contribution in [0, 0.1) is 0 Å². The van der Waals surface area contributed by atoms with Gasteiger partial charge in [0.15, 0.2) is 0 Å². The smallest absolute Gasteiger partial charge is 0.270 e. The lowest BCUT2D eigenvalue weighted by Gasteiger charge is -2.34. The van der Waals surface area contributed by atoms with Gasteiger partial charge in [-0.05, 0) is 18.2 Å². The second kappa shape index (κ2) is 6.50. The molecule has 0 atom stereocenters. The molecule has 5 nitrogen and oxygen atoms in total. The maximum atomic E-state index is 12.5. The number of amides is 1. The van der Waals surface area contributed by atoms with Gasteiger partial charge in [-0.2, -0.15) is 0 Å². The molecule has 1 amide bonds. The number of nitrogens with zero attached hydrogens (tertiary/aromatic N) is 4. The molecule has 6 heteroatoms. The number of hydrogen-bond donors (Lipinski definition) is 0. The summed E-state index contributed by atoms with van der Waals surface area (Å²) in [5, 5.41) is 0.597. The highest BCUT2D eigenvalue weighted by atomic mass is 35.5. The van der Waals surface area contributed by atoms with Gasteiger partial charge in [0.05, 0.1) is 10.7 Å². The number of hydrogen-bond acceptors (Lipinski definition) is 3. The molecule has 0 N–H and O–H groups in total. The highest BCUT2D eigenvalue weighted by Crippen LogP contribution is 2.16. The minimum Gasteiger partial charge on any atom is -0.345 e. The maximum Gasteiger partial charge on any atom is 0.270 e. The Morgan fingerprint density at radius 1 is 1.27 bits per heavy atom. The highest BCUT2D eigenvalue weighted by Gasteiger charge is 2.24. The van der Waals surface area contributed by atoms with E-state index in [1.807, 2.05) is 36.3 Å². The van der Waals surface area contributed by atoms with Crippen LogP contribution < -0.4 is 0 Å². The molecule has 0 aromatic carbocycles. The molecule has 1 saturated heterocycles. The number of carbonyl (C=O) groups is 1. The predicted molar refractivity (Wildman–Crippen MR) is 85.8 cm³/mol. The van der Waals surface area contributed by atoms with Gasteiger partial charge in [-0.1, -0.05) is 17.7 Å². The van der Waals surface area contributed by atoms with Gasteiger partial charge in [0.1, 0.15) is 5.69 Å². The summed E-state index contributed by atoms with van der Waals surface area (Å²) in [6.07, 6.45) is 3.57. The Kier molecular flexibility index (Phi) is 4.45. The van der Waals surface area contributed by atoms with Crippen molar-refractivity contribution in [2.75, 3.05) is 26.2 Å². The Morgan fingerprint density at radius 2 is 2.05 bits per heavy atom. The van der Waals surface area contributed by atoms with Gasteiger partial charge >= 0.3 is 0 Å². The third-order valence-corrected chi connectivity index (χ3v) is 4.17. The lowest BCUT2D eigenvalue weighted by Crippen LogP contribution is -2.48. The van der Waals surface area contributed by atoms with Crippen LogP contribution >= 0.6 is 11.6 Å². The van der Waals surface area contributed by atoms with Gasteiger partial charge in [-0.25, -0.2) is 0 Å². The van der Waals surface area contributed by atoms with Gasteiger partial charge in [0.25, 0.3) is 5.91 Å². The van der Waals surface area contributed by atoms with E-state index < -0.39 is 0 Å². The number of aromatic nitrogens is 2. The summed E-state index contributed by atoms with van der Waals surface area (Å²) in [6, 6.07) is 7.68. The molecular weight excluding hydrogens is 300 g/mol. The summed E-state index contributed by atoms with van der Waals surface area (Å²) in [5.74, 6) is 0.0480. The first-order valence-electron chi connectivity index (χ1n) is 7.37. The van der Waals surface area contributed by atoms with E-state index in [9.17, 15) is 4.79 Å². The molecule has 0 radical (unpaired) electrons. The van der Waals surface area contributed by atoms with Crippen molar-refractivity contribution in [3.63, 3.8) is 0 Å². The Bertz CT molecular complexity index is 647. The summed E-state index contributed by atoms with van der Waals surface area (Å²) in [7, 11) is 1.84. The number of piperazine rings is 1. The largest absolute Gasteiger partial charge is 0.345 e. The van der Waals surface area contributed by atoms with E-state index in [1.165, 1.54) is 0 Å². The fraction of sp³-hybridized carbons (Fsp3) is 0.375. The van der Waals surface area contributed by atoms with Crippen LogP contribution in [0.3, 0.4) is 0 Å².